The van der Waals surface area contributed by atoms with Gasteiger partial charge < -0.3 is 9.84 Å². The number of hydrogen-bond donors (Lipinski definition) is 1. The Labute approximate surface area is 101 Å². The molecule has 0 aromatic heterocycles. The van der Waals surface area contributed by atoms with Gasteiger partial charge in [0.05, 0.1) is 12.7 Å². The van der Waals surface area contributed by atoms with E-state index >= 15 is 0 Å². The van der Waals surface area contributed by atoms with E-state index in [4.69, 9.17) is 4.74 Å². The van der Waals surface area contributed by atoms with Crippen molar-refractivity contribution < 1.29 is 14.2 Å². The summed E-state index contributed by atoms with van der Waals surface area (Å²) in [6.07, 6.45) is 4.31. The minimum Gasteiger partial charge on any atom is -0.494 e. The van der Waals surface area contributed by atoms with E-state index in [1.807, 2.05) is 0 Å². The average molecular weight is 238 g/mol. The zero-order valence-corrected chi connectivity index (χ0v) is 10.4. The minimum atomic E-state index is -0.946. The predicted molar refractivity (Wildman–Crippen MR) is 64.5 cm³/mol. The molecule has 1 aliphatic rings. The van der Waals surface area contributed by atoms with Gasteiger partial charge in [0.15, 0.2) is 11.6 Å². The molecule has 0 amide bonds. The van der Waals surface area contributed by atoms with Crippen LogP contribution in [0.5, 0.6) is 5.75 Å². The topological polar surface area (TPSA) is 29.5 Å². The van der Waals surface area contributed by atoms with Gasteiger partial charge in [-0.3, -0.25) is 0 Å². The van der Waals surface area contributed by atoms with Crippen molar-refractivity contribution in [3.05, 3.63) is 29.6 Å². The van der Waals surface area contributed by atoms with Crippen molar-refractivity contribution in [2.75, 3.05) is 7.11 Å². The van der Waals surface area contributed by atoms with Crippen molar-refractivity contribution in [2.45, 2.75) is 38.2 Å². The van der Waals surface area contributed by atoms with E-state index in [1.165, 1.54) is 32.4 Å². The smallest absolute Gasteiger partial charge is 0.165 e. The molecule has 1 aliphatic carbocycles. The van der Waals surface area contributed by atoms with Gasteiger partial charge in [-0.05, 0) is 37.0 Å². The summed E-state index contributed by atoms with van der Waals surface area (Å²) < 4.78 is 18.4. The van der Waals surface area contributed by atoms with Crippen molar-refractivity contribution >= 4 is 0 Å². The van der Waals surface area contributed by atoms with E-state index in [2.05, 4.69) is 0 Å². The molecule has 3 heteroatoms. The first-order valence-corrected chi connectivity index (χ1v) is 6.09. The maximum absolute atomic E-state index is 13.6. The van der Waals surface area contributed by atoms with Crippen LogP contribution in [0.1, 0.15) is 38.2 Å². The second kappa shape index (κ2) is 4.65. The van der Waals surface area contributed by atoms with Gasteiger partial charge in [-0.2, -0.15) is 0 Å². The fraction of sp³-hybridized carbons (Fsp3) is 0.571. The average Bonchev–Trinajstić information content (AvgIpc) is 2.23. The molecule has 0 spiro atoms. The Balaban J connectivity index is 2.16. The number of aliphatic hydroxyl groups is 1. The third kappa shape index (κ3) is 2.60. The molecule has 17 heavy (non-hydrogen) atoms. The molecular formula is C14H19FO2. The normalized spacial score (nSPS) is 19.5. The molecule has 0 aliphatic heterocycles. The monoisotopic (exact) mass is 238 g/mol. The van der Waals surface area contributed by atoms with Crippen LogP contribution in [0.3, 0.4) is 0 Å². The maximum atomic E-state index is 13.6. The Morgan fingerprint density at radius 2 is 2.18 bits per heavy atom. The van der Waals surface area contributed by atoms with Gasteiger partial charge in [0.25, 0.3) is 0 Å². The van der Waals surface area contributed by atoms with Crippen LogP contribution in [-0.2, 0) is 5.60 Å². The van der Waals surface area contributed by atoms with Crippen LogP contribution in [0.2, 0.25) is 0 Å². The lowest BCUT2D eigenvalue weighted by molar-refractivity contribution is 0.0158. The third-order valence-corrected chi connectivity index (χ3v) is 3.68. The van der Waals surface area contributed by atoms with E-state index in [9.17, 15) is 9.50 Å². The molecule has 0 radical (unpaired) electrons. The van der Waals surface area contributed by atoms with E-state index in [-0.39, 0.29) is 5.75 Å². The quantitative estimate of drug-likeness (QED) is 0.872. The van der Waals surface area contributed by atoms with Crippen LogP contribution < -0.4 is 4.74 Å². The van der Waals surface area contributed by atoms with Gasteiger partial charge in [-0.25, -0.2) is 4.39 Å². The molecule has 0 heterocycles. The summed E-state index contributed by atoms with van der Waals surface area (Å²) in [6.45, 7) is 1.76. The van der Waals surface area contributed by atoms with E-state index in [0.717, 1.165) is 0 Å². The number of methoxy groups -OCH3 is 1. The zero-order valence-electron chi connectivity index (χ0n) is 10.4. The Morgan fingerprint density at radius 3 is 2.65 bits per heavy atom. The highest BCUT2D eigenvalue weighted by molar-refractivity contribution is 5.32. The van der Waals surface area contributed by atoms with Gasteiger partial charge >= 0.3 is 0 Å². The first-order chi connectivity index (χ1) is 8.03. The van der Waals surface area contributed by atoms with Crippen LogP contribution in [0.4, 0.5) is 4.39 Å². The van der Waals surface area contributed by atoms with E-state index < -0.39 is 11.4 Å². The standard InChI is InChI=1S/C14H19FO2/c1-14(16,9-10-4-3-5-10)11-6-7-13(17-2)12(15)8-11/h6-8,10,16H,3-5,9H2,1-2H3. The van der Waals surface area contributed by atoms with Crippen molar-refractivity contribution in [3.8, 4) is 5.75 Å². The summed E-state index contributed by atoms with van der Waals surface area (Å²) in [7, 11) is 1.44. The predicted octanol–water partition coefficient (Wildman–Crippen LogP) is 3.23. The summed E-state index contributed by atoms with van der Waals surface area (Å²) in [5, 5.41) is 10.4. The fourth-order valence-electron chi connectivity index (χ4n) is 2.38. The van der Waals surface area contributed by atoms with Crippen LogP contribution >= 0.6 is 0 Å². The molecule has 1 aromatic carbocycles. The first kappa shape index (κ1) is 12.4. The Bertz CT molecular complexity index is 397. The van der Waals surface area contributed by atoms with Crippen molar-refractivity contribution in [1.82, 2.24) is 0 Å². The lowest BCUT2D eigenvalue weighted by Gasteiger charge is -2.33. The summed E-state index contributed by atoms with van der Waals surface area (Å²) in [5.41, 5.74) is -0.319. The molecular weight excluding hydrogens is 219 g/mol. The largest absolute Gasteiger partial charge is 0.494 e. The Morgan fingerprint density at radius 1 is 1.47 bits per heavy atom. The molecule has 1 atom stereocenters. The van der Waals surface area contributed by atoms with Crippen molar-refractivity contribution in [1.29, 1.82) is 0 Å². The highest BCUT2D eigenvalue weighted by Gasteiger charge is 2.30. The first-order valence-electron chi connectivity index (χ1n) is 6.09. The number of halogens is 1. The summed E-state index contributed by atoms with van der Waals surface area (Å²) in [4.78, 5) is 0. The fourth-order valence-corrected chi connectivity index (χ4v) is 2.38. The van der Waals surface area contributed by atoms with Gasteiger partial charge in [-0.15, -0.1) is 0 Å². The van der Waals surface area contributed by atoms with Gasteiger partial charge in [0, 0.05) is 0 Å². The Kier molecular flexibility index (Phi) is 3.38. The molecule has 1 unspecified atom stereocenters. The summed E-state index contributed by atoms with van der Waals surface area (Å²) >= 11 is 0. The van der Waals surface area contributed by atoms with Crippen LogP contribution in [0.25, 0.3) is 0 Å². The lowest BCUT2D eigenvalue weighted by Crippen LogP contribution is -2.28. The lowest BCUT2D eigenvalue weighted by atomic mass is 9.76. The van der Waals surface area contributed by atoms with Crippen molar-refractivity contribution in [3.63, 3.8) is 0 Å². The van der Waals surface area contributed by atoms with Gasteiger partial charge in [0.1, 0.15) is 0 Å². The maximum Gasteiger partial charge on any atom is 0.165 e. The number of ether oxygens (including phenoxy) is 1. The second-order valence-electron chi connectivity index (χ2n) is 5.12. The van der Waals surface area contributed by atoms with Crippen molar-refractivity contribution in [2.24, 2.45) is 5.92 Å². The molecule has 1 aromatic rings. The number of rotatable bonds is 4. The molecule has 2 nitrogen and oxygen atoms in total. The molecule has 94 valence electrons. The van der Waals surface area contributed by atoms with Crippen LogP contribution in [0, 0.1) is 11.7 Å². The highest BCUT2D eigenvalue weighted by Crippen LogP contribution is 2.38. The van der Waals surface area contributed by atoms with E-state index in [1.54, 1.807) is 19.1 Å². The second-order valence-corrected chi connectivity index (χ2v) is 5.12. The summed E-state index contributed by atoms with van der Waals surface area (Å²) in [5.74, 6) is 0.377. The van der Waals surface area contributed by atoms with Crippen LogP contribution in [0.15, 0.2) is 18.2 Å². The summed E-state index contributed by atoms with van der Waals surface area (Å²) in [6, 6.07) is 4.68. The SMILES string of the molecule is COc1ccc(C(C)(O)CC2CCC2)cc1F. The number of benzene rings is 1. The minimum absolute atomic E-state index is 0.216. The van der Waals surface area contributed by atoms with E-state index in [0.29, 0.717) is 17.9 Å². The van der Waals surface area contributed by atoms with Crippen LogP contribution in [-0.4, -0.2) is 12.2 Å². The zero-order chi connectivity index (χ0) is 12.5. The molecule has 1 saturated carbocycles. The molecule has 1 fully saturated rings. The molecule has 0 saturated heterocycles. The molecule has 0 bridgehead atoms. The highest BCUT2D eigenvalue weighted by atomic mass is 19.1. The molecule has 1 N–H and O–H groups in total. The molecule has 2 rings (SSSR count). The third-order valence-electron chi connectivity index (χ3n) is 3.68. The Hall–Kier alpha value is -1.09. The van der Waals surface area contributed by atoms with Gasteiger partial charge in [-0.1, -0.05) is 25.3 Å². The number of hydrogen-bond acceptors (Lipinski definition) is 2. The van der Waals surface area contributed by atoms with Gasteiger partial charge in [0.2, 0.25) is 0 Å².